The molecule has 0 aliphatic rings. The molecule has 1 aromatic heterocycles. The van der Waals surface area contributed by atoms with Crippen molar-refractivity contribution < 1.29 is 18.8 Å². The number of ether oxygens (including phenoxy) is 1. The van der Waals surface area contributed by atoms with E-state index in [0.717, 1.165) is 0 Å². The molecule has 0 saturated heterocycles. The van der Waals surface area contributed by atoms with Crippen LogP contribution in [0.1, 0.15) is 42.1 Å². The fraction of sp³-hybridized carbons (Fsp3) is 0.615. The van der Waals surface area contributed by atoms with Crippen LogP contribution < -0.4 is 0 Å². The SMILES string of the molecule is CCc1noc(C)c1C(=O)N(CC)CCC(=O)OC. The molecule has 6 nitrogen and oxygen atoms in total. The van der Waals surface area contributed by atoms with Gasteiger partial charge in [0.05, 0.1) is 19.2 Å². The number of carbonyl (C=O) groups is 2. The Hall–Kier alpha value is -1.85. The third-order valence-corrected chi connectivity index (χ3v) is 2.96. The average molecular weight is 268 g/mol. The maximum atomic E-state index is 12.4. The molecule has 0 aliphatic carbocycles. The number of rotatable bonds is 6. The van der Waals surface area contributed by atoms with Gasteiger partial charge >= 0.3 is 5.97 Å². The Balaban J connectivity index is 2.83. The highest BCUT2D eigenvalue weighted by Gasteiger charge is 2.23. The van der Waals surface area contributed by atoms with Crippen molar-refractivity contribution in [2.75, 3.05) is 20.2 Å². The zero-order valence-electron chi connectivity index (χ0n) is 11.9. The van der Waals surface area contributed by atoms with Gasteiger partial charge in [-0.2, -0.15) is 0 Å². The molecule has 1 rings (SSSR count). The van der Waals surface area contributed by atoms with Crippen LogP contribution in [0.25, 0.3) is 0 Å². The van der Waals surface area contributed by atoms with E-state index in [4.69, 9.17) is 4.52 Å². The van der Waals surface area contributed by atoms with Crippen molar-refractivity contribution in [3.8, 4) is 0 Å². The zero-order valence-corrected chi connectivity index (χ0v) is 11.9. The smallest absolute Gasteiger partial charge is 0.307 e. The molecule has 6 heteroatoms. The van der Waals surface area contributed by atoms with Crippen LogP contribution in [0, 0.1) is 6.92 Å². The van der Waals surface area contributed by atoms with Crippen LogP contribution in [0.4, 0.5) is 0 Å². The fourth-order valence-corrected chi connectivity index (χ4v) is 1.82. The van der Waals surface area contributed by atoms with Gasteiger partial charge < -0.3 is 14.2 Å². The summed E-state index contributed by atoms with van der Waals surface area (Å²) in [6, 6.07) is 0. The van der Waals surface area contributed by atoms with E-state index < -0.39 is 0 Å². The van der Waals surface area contributed by atoms with Crippen molar-refractivity contribution >= 4 is 11.9 Å². The summed E-state index contributed by atoms with van der Waals surface area (Å²) < 4.78 is 9.64. The van der Waals surface area contributed by atoms with Gasteiger partial charge in [-0.1, -0.05) is 12.1 Å². The lowest BCUT2D eigenvalue weighted by atomic mass is 10.1. The summed E-state index contributed by atoms with van der Waals surface area (Å²) >= 11 is 0. The Kier molecular flexibility index (Phi) is 5.54. The van der Waals surface area contributed by atoms with Crippen LogP contribution in [0.2, 0.25) is 0 Å². The van der Waals surface area contributed by atoms with E-state index in [2.05, 4.69) is 9.89 Å². The number of hydrogen-bond donors (Lipinski definition) is 0. The van der Waals surface area contributed by atoms with E-state index in [0.29, 0.717) is 36.5 Å². The summed E-state index contributed by atoms with van der Waals surface area (Å²) in [4.78, 5) is 25.1. The zero-order chi connectivity index (χ0) is 14.4. The topological polar surface area (TPSA) is 72.6 Å². The first-order valence-electron chi connectivity index (χ1n) is 6.36. The number of amides is 1. The van der Waals surface area contributed by atoms with Crippen LogP contribution >= 0.6 is 0 Å². The molecule has 1 amide bonds. The quantitative estimate of drug-likeness (QED) is 0.732. The van der Waals surface area contributed by atoms with Crippen molar-refractivity contribution in [3.05, 3.63) is 17.0 Å². The van der Waals surface area contributed by atoms with Gasteiger partial charge in [0.1, 0.15) is 11.3 Å². The predicted molar refractivity (Wildman–Crippen MR) is 68.8 cm³/mol. The van der Waals surface area contributed by atoms with Crippen molar-refractivity contribution in [1.29, 1.82) is 0 Å². The first kappa shape index (κ1) is 15.2. The maximum Gasteiger partial charge on any atom is 0.307 e. The Bertz CT molecular complexity index is 453. The normalized spacial score (nSPS) is 10.3. The highest BCUT2D eigenvalue weighted by molar-refractivity contribution is 5.96. The fourth-order valence-electron chi connectivity index (χ4n) is 1.82. The van der Waals surface area contributed by atoms with Gasteiger partial charge in [0.25, 0.3) is 5.91 Å². The van der Waals surface area contributed by atoms with E-state index in [1.807, 2.05) is 13.8 Å². The van der Waals surface area contributed by atoms with E-state index in [1.165, 1.54) is 7.11 Å². The number of aryl methyl sites for hydroxylation is 2. The van der Waals surface area contributed by atoms with Crippen LogP contribution in [-0.2, 0) is 16.0 Å². The Morgan fingerprint density at radius 2 is 2.05 bits per heavy atom. The van der Waals surface area contributed by atoms with E-state index in [1.54, 1.807) is 11.8 Å². The molecule has 0 aromatic carbocycles. The predicted octanol–water partition coefficient (Wildman–Crippen LogP) is 1.57. The molecule has 0 bridgehead atoms. The van der Waals surface area contributed by atoms with Crippen LogP contribution in [-0.4, -0.2) is 42.1 Å². The second-order valence-corrected chi connectivity index (χ2v) is 4.12. The van der Waals surface area contributed by atoms with Crippen molar-refractivity contribution in [2.24, 2.45) is 0 Å². The summed E-state index contributed by atoms with van der Waals surface area (Å²) in [5, 5.41) is 3.87. The summed E-state index contributed by atoms with van der Waals surface area (Å²) in [6.45, 7) is 6.34. The molecule has 0 unspecified atom stereocenters. The molecule has 1 heterocycles. The first-order valence-corrected chi connectivity index (χ1v) is 6.36. The molecule has 0 saturated carbocycles. The maximum absolute atomic E-state index is 12.4. The van der Waals surface area contributed by atoms with Crippen LogP contribution in [0.3, 0.4) is 0 Å². The summed E-state index contributed by atoms with van der Waals surface area (Å²) in [6.07, 6.45) is 0.814. The third kappa shape index (κ3) is 3.56. The Morgan fingerprint density at radius 3 is 2.58 bits per heavy atom. The summed E-state index contributed by atoms with van der Waals surface area (Å²) in [7, 11) is 1.33. The van der Waals surface area contributed by atoms with Crippen LogP contribution in [0.15, 0.2) is 4.52 Å². The molecule has 0 radical (unpaired) electrons. The standard InChI is InChI=1S/C13H20N2O4/c1-5-10-12(9(3)19-14-10)13(17)15(6-2)8-7-11(16)18-4/h5-8H2,1-4H3. The lowest BCUT2D eigenvalue weighted by Crippen LogP contribution is -2.33. The molecule has 19 heavy (non-hydrogen) atoms. The van der Waals surface area contributed by atoms with Crippen LogP contribution in [0.5, 0.6) is 0 Å². The van der Waals surface area contributed by atoms with E-state index in [9.17, 15) is 9.59 Å². The van der Waals surface area contributed by atoms with Gasteiger partial charge in [0.15, 0.2) is 0 Å². The molecule has 0 spiro atoms. The largest absolute Gasteiger partial charge is 0.469 e. The second kappa shape index (κ2) is 6.92. The summed E-state index contributed by atoms with van der Waals surface area (Å²) in [5.41, 5.74) is 1.16. The number of nitrogens with zero attached hydrogens (tertiary/aromatic N) is 2. The third-order valence-electron chi connectivity index (χ3n) is 2.96. The molecule has 1 aromatic rings. The Labute approximate surface area is 112 Å². The van der Waals surface area contributed by atoms with Gasteiger partial charge in [-0.25, -0.2) is 0 Å². The van der Waals surface area contributed by atoms with Gasteiger partial charge in [-0.15, -0.1) is 0 Å². The number of carbonyl (C=O) groups excluding carboxylic acids is 2. The molecular formula is C13H20N2O4. The van der Waals surface area contributed by atoms with E-state index >= 15 is 0 Å². The molecule has 0 atom stereocenters. The second-order valence-electron chi connectivity index (χ2n) is 4.12. The highest BCUT2D eigenvalue weighted by atomic mass is 16.5. The van der Waals surface area contributed by atoms with Crippen molar-refractivity contribution in [2.45, 2.75) is 33.6 Å². The molecule has 0 fully saturated rings. The van der Waals surface area contributed by atoms with Gasteiger partial charge in [-0.05, 0) is 20.3 Å². The number of esters is 1. The van der Waals surface area contributed by atoms with Gasteiger partial charge in [-0.3, -0.25) is 9.59 Å². The van der Waals surface area contributed by atoms with E-state index in [-0.39, 0.29) is 18.3 Å². The van der Waals surface area contributed by atoms with Crippen molar-refractivity contribution in [1.82, 2.24) is 10.1 Å². The highest BCUT2D eigenvalue weighted by Crippen LogP contribution is 2.16. The number of methoxy groups -OCH3 is 1. The minimum atomic E-state index is -0.330. The van der Waals surface area contributed by atoms with Gasteiger partial charge in [0, 0.05) is 13.1 Å². The number of aromatic nitrogens is 1. The van der Waals surface area contributed by atoms with Gasteiger partial charge in [0.2, 0.25) is 0 Å². The molecule has 0 N–H and O–H groups in total. The molecule has 0 aliphatic heterocycles. The lowest BCUT2D eigenvalue weighted by Gasteiger charge is -2.20. The summed E-state index contributed by atoms with van der Waals surface area (Å²) in [5.74, 6) is 0.0318. The Morgan fingerprint density at radius 1 is 1.37 bits per heavy atom. The lowest BCUT2D eigenvalue weighted by molar-refractivity contribution is -0.140. The number of hydrogen-bond acceptors (Lipinski definition) is 5. The average Bonchev–Trinajstić information content (AvgIpc) is 2.79. The minimum absolute atomic E-state index is 0.151. The molecular weight excluding hydrogens is 248 g/mol. The van der Waals surface area contributed by atoms with Crippen molar-refractivity contribution in [3.63, 3.8) is 0 Å². The minimum Gasteiger partial charge on any atom is -0.469 e. The first-order chi connectivity index (χ1) is 9.04. The monoisotopic (exact) mass is 268 g/mol. The molecule has 106 valence electrons.